The van der Waals surface area contributed by atoms with Crippen molar-refractivity contribution < 1.29 is 114 Å². The third-order valence-corrected chi connectivity index (χ3v) is 7.03. The second-order valence-corrected chi connectivity index (χ2v) is 11.8. The Kier molecular flexibility index (Phi) is 10.7. The molecule has 0 rings (SSSR count). The van der Waals surface area contributed by atoms with Gasteiger partial charge in [0.15, 0.2) is 0 Å². The molecular formula is C17H16F23N2O2S+. The summed E-state index contributed by atoms with van der Waals surface area (Å²) in [6.45, 7) is -1.70. The van der Waals surface area contributed by atoms with Gasteiger partial charge in [-0.1, -0.05) is 0 Å². The number of alkyl halides is 23. The van der Waals surface area contributed by atoms with E-state index in [1.807, 2.05) is 0 Å². The molecule has 0 aromatic carbocycles. The average molecular weight is 749 g/mol. The largest absolute Gasteiger partial charge is 0.460 e. The van der Waals surface area contributed by atoms with Crippen molar-refractivity contribution in [3.05, 3.63) is 0 Å². The fourth-order valence-electron chi connectivity index (χ4n) is 2.76. The minimum atomic E-state index is -9.55. The predicted octanol–water partition coefficient (Wildman–Crippen LogP) is 6.87. The van der Waals surface area contributed by atoms with Crippen LogP contribution in [-0.4, -0.2) is 112 Å². The van der Waals surface area contributed by atoms with E-state index in [9.17, 15) is 109 Å². The van der Waals surface area contributed by atoms with Crippen molar-refractivity contribution in [1.29, 1.82) is 0 Å². The van der Waals surface area contributed by atoms with Gasteiger partial charge in [-0.05, 0) is 0 Å². The van der Waals surface area contributed by atoms with Crippen LogP contribution in [0, 0.1) is 0 Å². The van der Waals surface area contributed by atoms with Crippen molar-refractivity contribution in [2.75, 3.05) is 34.2 Å². The van der Waals surface area contributed by atoms with Gasteiger partial charge in [0, 0.05) is 13.0 Å². The van der Waals surface area contributed by atoms with Crippen LogP contribution < -0.4 is 4.72 Å². The molecule has 28 heteroatoms. The molecule has 0 heterocycles. The van der Waals surface area contributed by atoms with Crippen molar-refractivity contribution in [3.8, 4) is 0 Å². The minimum Gasteiger partial charge on any atom is -0.331 e. The molecule has 4 nitrogen and oxygen atoms in total. The first-order valence-electron chi connectivity index (χ1n) is 10.6. The van der Waals surface area contributed by atoms with Crippen LogP contribution in [0.4, 0.5) is 101 Å². The molecule has 0 saturated carbocycles. The van der Waals surface area contributed by atoms with Crippen LogP contribution >= 0.6 is 0 Å². The van der Waals surface area contributed by atoms with E-state index in [-0.39, 0.29) is 11.0 Å². The number of sulfonamides is 1. The molecule has 0 atom stereocenters. The van der Waals surface area contributed by atoms with Gasteiger partial charge in [0.05, 0.1) is 27.7 Å². The van der Waals surface area contributed by atoms with Gasteiger partial charge in [-0.2, -0.15) is 101 Å². The Bertz CT molecular complexity index is 1170. The molecule has 45 heavy (non-hydrogen) atoms. The fourth-order valence-corrected chi connectivity index (χ4v) is 3.82. The summed E-state index contributed by atoms with van der Waals surface area (Å²) in [5.41, 5.74) is 0. The molecule has 0 aliphatic heterocycles. The first-order valence-corrected chi connectivity index (χ1v) is 12.1. The lowest BCUT2D eigenvalue weighted by Crippen LogP contribution is -2.78. The number of nitrogens with zero attached hydrogens (tertiary/aromatic N) is 1. The predicted molar refractivity (Wildman–Crippen MR) is 100.0 cm³/mol. The summed E-state index contributed by atoms with van der Waals surface area (Å²) in [5.74, 6) is -82.7. The van der Waals surface area contributed by atoms with Gasteiger partial charge in [-0.15, -0.1) is 0 Å². The highest BCUT2D eigenvalue weighted by atomic mass is 32.2. The molecule has 0 aromatic heterocycles. The standard InChI is InChI=1S/C17H16F23N2O2S/c1-42(2,3)6-4-5-41-45(43,44)17(39,40)15(34,35)13(30,31)11(26,27)9(22,23)7(18,19)8(20,21)10(24,25)12(28,29)14(32,33)16(36,37)38/h41H,4-6H2,1-3H3/q+1. The van der Waals surface area contributed by atoms with Gasteiger partial charge in [0.25, 0.3) is 10.0 Å². The van der Waals surface area contributed by atoms with Gasteiger partial charge in [0.1, 0.15) is 0 Å². The van der Waals surface area contributed by atoms with Gasteiger partial charge < -0.3 is 4.48 Å². The van der Waals surface area contributed by atoms with Gasteiger partial charge in [0.2, 0.25) is 0 Å². The number of hydrogen-bond donors (Lipinski definition) is 1. The highest BCUT2D eigenvalue weighted by Crippen LogP contribution is 2.67. The smallest absolute Gasteiger partial charge is 0.331 e. The Morgan fingerprint density at radius 2 is 0.689 bits per heavy atom. The fraction of sp³-hybridized carbons (Fsp3) is 1.00. The summed E-state index contributed by atoms with van der Waals surface area (Å²) < 4.78 is 332. The van der Waals surface area contributed by atoms with Crippen LogP contribution in [0.5, 0.6) is 0 Å². The lowest BCUT2D eigenvalue weighted by molar-refractivity contribution is -0.870. The highest BCUT2D eigenvalue weighted by Gasteiger charge is 2.99. The Labute approximate surface area is 235 Å². The zero-order chi connectivity index (χ0) is 37.3. The molecule has 1 N–H and O–H groups in total. The quantitative estimate of drug-likeness (QED) is 0.113. The monoisotopic (exact) mass is 749 g/mol. The highest BCUT2D eigenvalue weighted by molar-refractivity contribution is 7.90. The molecule has 0 saturated heterocycles. The topological polar surface area (TPSA) is 46.2 Å². The Balaban J connectivity index is 7.08. The van der Waals surface area contributed by atoms with Crippen molar-refractivity contribution in [3.63, 3.8) is 0 Å². The maximum atomic E-state index is 14.0. The number of halogens is 23. The van der Waals surface area contributed by atoms with E-state index >= 15 is 0 Å². The summed E-state index contributed by atoms with van der Waals surface area (Å²) in [4.78, 5) is 0. The first-order chi connectivity index (χ1) is 19.0. The van der Waals surface area contributed by atoms with Crippen LogP contribution in [0.2, 0.25) is 0 Å². The van der Waals surface area contributed by atoms with E-state index in [1.54, 1.807) is 0 Å². The lowest BCUT2D eigenvalue weighted by Gasteiger charge is -2.45. The van der Waals surface area contributed by atoms with E-state index in [2.05, 4.69) is 0 Å². The summed E-state index contributed by atoms with van der Waals surface area (Å²) in [5, 5.41) is -7.83. The third-order valence-electron chi connectivity index (χ3n) is 5.51. The SMILES string of the molecule is C[N+](C)(C)CCCNS(=O)(=O)C(F)(F)C(F)(F)C(F)(F)C(F)(F)C(F)(F)C(F)(F)C(F)(F)C(F)(F)C(F)(F)C(F)(F)C(F)(F)F. The molecular weight excluding hydrogens is 733 g/mol. The summed E-state index contributed by atoms with van der Waals surface area (Å²) >= 11 is 0. The third kappa shape index (κ3) is 6.07. The Morgan fingerprint density at radius 3 is 0.933 bits per heavy atom. The van der Waals surface area contributed by atoms with Crippen LogP contribution in [-0.2, 0) is 10.0 Å². The number of quaternary nitrogens is 1. The maximum absolute atomic E-state index is 14.0. The molecule has 0 radical (unpaired) electrons. The van der Waals surface area contributed by atoms with E-state index in [4.69, 9.17) is 0 Å². The van der Waals surface area contributed by atoms with Crippen molar-refractivity contribution in [2.45, 2.75) is 71.2 Å². The van der Waals surface area contributed by atoms with E-state index in [1.165, 1.54) is 21.1 Å². The molecule has 0 bridgehead atoms. The molecule has 0 aliphatic carbocycles. The van der Waals surface area contributed by atoms with E-state index in [0.29, 0.717) is 4.72 Å². The second-order valence-electron chi connectivity index (χ2n) is 9.95. The molecule has 0 unspecified atom stereocenters. The molecule has 0 aromatic rings. The Morgan fingerprint density at radius 1 is 0.444 bits per heavy atom. The van der Waals surface area contributed by atoms with Crippen LogP contribution in [0.3, 0.4) is 0 Å². The average Bonchev–Trinajstić information content (AvgIpc) is 2.79. The Hall–Kier alpha value is -1.74. The second kappa shape index (κ2) is 11.2. The number of rotatable bonds is 15. The minimum absolute atomic E-state index is 0.147. The molecule has 272 valence electrons. The van der Waals surface area contributed by atoms with Crippen LogP contribution in [0.15, 0.2) is 0 Å². The van der Waals surface area contributed by atoms with E-state index < -0.39 is 87.7 Å². The zero-order valence-electron chi connectivity index (χ0n) is 21.5. The summed E-state index contributed by atoms with van der Waals surface area (Å²) in [7, 11) is -3.51. The van der Waals surface area contributed by atoms with Crippen LogP contribution in [0.25, 0.3) is 0 Å². The molecule has 0 spiro atoms. The lowest BCUT2D eigenvalue weighted by atomic mass is 9.86. The van der Waals surface area contributed by atoms with Crippen LogP contribution in [0.1, 0.15) is 6.42 Å². The summed E-state index contributed by atoms with van der Waals surface area (Å²) in [6, 6.07) is 0. The van der Waals surface area contributed by atoms with Crippen molar-refractivity contribution in [1.82, 2.24) is 4.72 Å². The molecule has 0 amide bonds. The first kappa shape index (κ1) is 43.3. The van der Waals surface area contributed by atoms with Crippen molar-refractivity contribution >= 4 is 10.0 Å². The van der Waals surface area contributed by atoms with E-state index in [0.717, 1.165) is 0 Å². The normalized spacial score (nSPS) is 16.8. The van der Waals surface area contributed by atoms with Crippen molar-refractivity contribution in [2.24, 2.45) is 0 Å². The van der Waals surface area contributed by atoms with Gasteiger partial charge in [-0.25, -0.2) is 13.1 Å². The number of nitrogens with one attached hydrogen (secondary N) is 1. The van der Waals surface area contributed by atoms with Gasteiger partial charge in [-0.3, -0.25) is 0 Å². The number of hydrogen-bond acceptors (Lipinski definition) is 2. The molecule has 0 fully saturated rings. The zero-order valence-corrected chi connectivity index (χ0v) is 22.3. The molecule has 0 aliphatic rings. The maximum Gasteiger partial charge on any atom is 0.460 e. The summed E-state index contributed by atoms with van der Waals surface area (Å²) in [6.07, 6.45) is -8.81. The van der Waals surface area contributed by atoms with Gasteiger partial charge >= 0.3 is 64.7 Å².